The molecule has 0 aromatic heterocycles. The molecule has 1 rings (SSSR count). The molecule has 1 aliphatic carbocycles. The van der Waals surface area contributed by atoms with Crippen LogP contribution in [0.2, 0.25) is 0 Å². The molecule has 2 N–H and O–H groups in total. The highest BCUT2D eigenvalue weighted by molar-refractivity contribution is 6.17. The molecule has 0 aliphatic heterocycles. The molecule has 0 aromatic carbocycles. The first-order valence-corrected chi connectivity index (χ1v) is 6.38. The van der Waals surface area contributed by atoms with Gasteiger partial charge >= 0.3 is 0 Å². The average Bonchev–Trinajstić information content (AvgIpc) is 3.05. The van der Waals surface area contributed by atoms with Crippen LogP contribution < -0.4 is 10.6 Å². The number of halogens is 1. The van der Waals surface area contributed by atoms with Crippen molar-refractivity contribution in [3.8, 4) is 0 Å². The van der Waals surface area contributed by atoms with E-state index in [1.54, 1.807) is 0 Å². The fraction of sp³-hybridized carbons (Fsp3) is 0.818. The number of nitrogens with one attached hydrogen (secondary N) is 2. The fourth-order valence-electron chi connectivity index (χ4n) is 1.32. The first kappa shape index (κ1) is 13.3. The molecular formula is C11H19ClN2O2. The lowest BCUT2D eigenvalue weighted by Crippen LogP contribution is -2.28. The van der Waals surface area contributed by atoms with E-state index in [1.807, 2.05) is 0 Å². The van der Waals surface area contributed by atoms with E-state index in [0.29, 0.717) is 44.1 Å². The molecule has 0 radical (unpaired) electrons. The number of hydrogen-bond acceptors (Lipinski definition) is 2. The summed E-state index contributed by atoms with van der Waals surface area (Å²) in [6.07, 6.45) is 4.59. The summed E-state index contributed by atoms with van der Waals surface area (Å²) in [5, 5.41) is 5.67. The maximum Gasteiger partial charge on any atom is 0.220 e. The maximum absolute atomic E-state index is 11.3. The van der Waals surface area contributed by atoms with Gasteiger partial charge in [-0.3, -0.25) is 9.59 Å². The molecule has 5 heteroatoms. The van der Waals surface area contributed by atoms with E-state index in [-0.39, 0.29) is 11.8 Å². The normalized spacial score (nSPS) is 14.6. The summed E-state index contributed by atoms with van der Waals surface area (Å²) in [6, 6.07) is 0.422. The van der Waals surface area contributed by atoms with Gasteiger partial charge in [0.15, 0.2) is 0 Å². The largest absolute Gasteiger partial charge is 0.356 e. The topological polar surface area (TPSA) is 58.2 Å². The summed E-state index contributed by atoms with van der Waals surface area (Å²) < 4.78 is 0. The second-order valence-electron chi connectivity index (χ2n) is 4.09. The monoisotopic (exact) mass is 246 g/mol. The minimum atomic E-state index is 0.0169. The lowest BCUT2D eigenvalue weighted by Gasteiger charge is -2.05. The second-order valence-corrected chi connectivity index (χ2v) is 4.47. The Labute approximate surface area is 101 Å². The Balaban J connectivity index is 1.89. The molecule has 16 heavy (non-hydrogen) atoms. The summed E-state index contributed by atoms with van der Waals surface area (Å²) in [7, 11) is 0. The minimum absolute atomic E-state index is 0.0169. The van der Waals surface area contributed by atoms with Gasteiger partial charge in [0.1, 0.15) is 0 Å². The van der Waals surface area contributed by atoms with Crippen molar-refractivity contribution in [2.75, 3.05) is 12.4 Å². The van der Waals surface area contributed by atoms with E-state index in [2.05, 4.69) is 10.6 Å². The molecule has 0 spiro atoms. The van der Waals surface area contributed by atoms with Gasteiger partial charge < -0.3 is 10.6 Å². The SMILES string of the molecule is O=C(CCCCl)NCCCC(=O)NC1CC1. The van der Waals surface area contributed by atoms with Gasteiger partial charge in [0.2, 0.25) is 11.8 Å². The van der Waals surface area contributed by atoms with Gasteiger partial charge in [-0.1, -0.05) is 0 Å². The molecular weight excluding hydrogens is 228 g/mol. The van der Waals surface area contributed by atoms with Crippen LogP contribution in [0.3, 0.4) is 0 Å². The van der Waals surface area contributed by atoms with E-state index >= 15 is 0 Å². The van der Waals surface area contributed by atoms with Gasteiger partial charge in [-0.25, -0.2) is 0 Å². The maximum atomic E-state index is 11.3. The van der Waals surface area contributed by atoms with Gasteiger partial charge in [-0.05, 0) is 25.7 Å². The first-order valence-electron chi connectivity index (χ1n) is 5.84. The van der Waals surface area contributed by atoms with Crippen molar-refractivity contribution in [2.24, 2.45) is 0 Å². The molecule has 0 unspecified atom stereocenters. The number of carbonyl (C=O) groups excluding carboxylic acids is 2. The van der Waals surface area contributed by atoms with E-state index in [9.17, 15) is 9.59 Å². The molecule has 0 bridgehead atoms. The number of rotatable bonds is 8. The van der Waals surface area contributed by atoms with E-state index in [4.69, 9.17) is 11.6 Å². The molecule has 0 heterocycles. The van der Waals surface area contributed by atoms with Gasteiger partial charge in [0.05, 0.1) is 0 Å². The van der Waals surface area contributed by atoms with Crippen LogP contribution in [0.4, 0.5) is 0 Å². The van der Waals surface area contributed by atoms with Gasteiger partial charge in [0, 0.05) is 31.3 Å². The van der Waals surface area contributed by atoms with Crippen molar-refractivity contribution in [1.82, 2.24) is 10.6 Å². The van der Waals surface area contributed by atoms with Crippen molar-refractivity contribution < 1.29 is 9.59 Å². The zero-order valence-corrected chi connectivity index (χ0v) is 10.2. The molecule has 1 aliphatic rings. The van der Waals surface area contributed by atoms with Crippen molar-refractivity contribution in [2.45, 2.75) is 44.6 Å². The minimum Gasteiger partial charge on any atom is -0.356 e. The Morgan fingerprint density at radius 2 is 1.81 bits per heavy atom. The van der Waals surface area contributed by atoms with Crippen LogP contribution in [-0.4, -0.2) is 30.3 Å². The van der Waals surface area contributed by atoms with Crippen molar-refractivity contribution >= 4 is 23.4 Å². The van der Waals surface area contributed by atoms with E-state index in [1.165, 1.54) is 0 Å². The summed E-state index contributed by atoms with van der Waals surface area (Å²) in [5.74, 6) is 0.623. The third-order valence-electron chi connectivity index (χ3n) is 2.38. The summed E-state index contributed by atoms with van der Waals surface area (Å²) in [6.45, 7) is 0.569. The third kappa shape index (κ3) is 6.67. The fourth-order valence-corrected chi connectivity index (χ4v) is 1.45. The van der Waals surface area contributed by atoms with Crippen LogP contribution in [0.15, 0.2) is 0 Å². The summed E-state index contributed by atoms with van der Waals surface area (Å²) >= 11 is 5.47. The van der Waals surface area contributed by atoms with Crippen LogP contribution in [0.1, 0.15) is 38.5 Å². The zero-order chi connectivity index (χ0) is 11.8. The van der Waals surface area contributed by atoms with Gasteiger partial charge in [-0.2, -0.15) is 0 Å². The van der Waals surface area contributed by atoms with Crippen LogP contribution in [-0.2, 0) is 9.59 Å². The highest BCUT2D eigenvalue weighted by Gasteiger charge is 2.22. The van der Waals surface area contributed by atoms with Crippen LogP contribution in [0, 0.1) is 0 Å². The molecule has 92 valence electrons. The van der Waals surface area contributed by atoms with E-state index < -0.39 is 0 Å². The highest BCUT2D eigenvalue weighted by atomic mass is 35.5. The molecule has 4 nitrogen and oxygen atoms in total. The zero-order valence-electron chi connectivity index (χ0n) is 9.43. The molecule has 0 aromatic rings. The molecule has 2 amide bonds. The Morgan fingerprint density at radius 3 is 2.44 bits per heavy atom. The van der Waals surface area contributed by atoms with Crippen molar-refractivity contribution in [3.05, 3.63) is 0 Å². The number of amides is 2. The summed E-state index contributed by atoms with van der Waals surface area (Å²) in [4.78, 5) is 22.4. The predicted molar refractivity (Wildman–Crippen MR) is 63.4 cm³/mol. The van der Waals surface area contributed by atoms with E-state index in [0.717, 1.165) is 12.8 Å². The molecule has 1 fully saturated rings. The predicted octanol–water partition coefficient (Wildman–Crippen LogP) is 1.18. The Morgan fingerprint density at radius 1 is 1.12 bits per heavy atom. The van der Waals surface area contributed by atoms with Crippen molar-refractivity contribution in [3.63, 3.8) is 0 Å². The molecule has 1 saturated carbocycles. The van der Waals surface area contributed by atoms with Crippen molar-refractivity contribution in [1.29, 1.82) is 0 Å². The molecule has 0 atom stereocenters. The number of hydrogen-bond donors (Lipinski definition) is 2. The number of alkyl halides is 1. The standard InChI is InChI=1S/C11H19ClN2O2/c12-7-1-3-10(15)13-8-2-4-11(16)14-9-5-6-9/h9H,1-8H2,(H,13,15)(H,14,16). The summed E-state index contributed by atoms with van der Waals surface area (Å²) in [5.41, 5.74) is 0. The molecule has 0 saturated heterocycles. The Kier molecular flexibility index (Phi) is 6.23. The first-order chi connectivity index (χ1) is 7.72. The smallest absolute Gasteiger partial charge is 0.220 e. The average molecular weight is 247 g/mol. The number of carbonyl (C=O) groups is 2. The van der Waals surface area contributed by atoms with Gasteiger partial charge in [-0.15, -0.1) is 11.6 Å². The lowest BCUT2D eigenvalue weighted by atomic mass is 10.2. The van der Waals surface area contributed by atoms with Crippen LogP contribution in [0.25, 0.3) is 0 Å². The van der Waals surface area contributed by atoms with Gasteiger partial charge in [0.25, 0.3) is 0 Å². The second kappa shape index (κ2) is 7.49. The quantitative estimate of drug-likeness (QED) is 0.499. The Hall–Kier alpha value is -0.770. The van der Waals surface area contributed by atoms with Crippen LogP contribution >= 0.6 is 11.6 Å². The Bertz CT molecular complexity index is 242. The van der Waals surface area contributed by atoms with Crippen LogP contribution in [0.5, 0.6) is 0 Å². The third-order valence-corrected chi connectivity index (χ3v) is 2.65. The lowest BCUT2D eigenvalue weighted by molar-refractivity contribution is -0.123. The highest BCUT2D eigenvalue weighted by Crippen LogP contribution is 2.18.